The molecule has 12 heavy (non-hydrogen) atoms. The summed E-state index contributed by atoms with van der Waals surface area (Å²) in [7, 11) is 3.52. The molecule has 1 atom stereocenters. The molecule has 0 aromatic heterocycles. The van der Waals surface area contributed by atoms with E-state index < -0.39 is 0 Å². The fraction of sp³-hybridized carbons (Fsp3) is 1.00. The Morgan fingerprint density at radius 1 is 1.33 bits per heavy atom. The first-order valence-corrected chi connectivity index (χ1v) is 4.60. The third-order valence-electron chi connectivity index (χ3n) is 2.44. The van der Waals surface area contributed by atoms with Gasteiger partial charge in [-0.05, 0) is 19.4 Å². The largest absolute Gasteiger partial charge is 0.383 e. The van der Waals surface area contributed by atoms with Crippen molar-refractivity contribution < 1.29 is 9.47 Å². The Balaban J connectivity index is 2.20. The van der Waals surface area contributed by atoms with E-state index in [2.05, 4.69) is 4.90 Å². The van der Waals surface area contributed by atoms with Gasteiger partial charge in [-0.25, -0.2) is 0 Å². The standard InChI is InChI=1S/C9H19NO2/c1-11-7-6-10-5-3-4-9(10)8-12-2/h9H,3-8H2,1-2H3/t9-/m0/s1. The van der Waals surface area contributed by atoms with Crippen LogP contribution in [0, 0.1) is 0 Å². The van der Waals surface area contributed by atoms with Crippen molar-refractivity contribution >= 4 is 0 Å². The van der Waals surface area contributed by atoms with Gasteiger partial charge < -0.3 is 9.47 Å². The molecule has 1 fully saturated rings. The molecule has 3 heteroatoms. The van der Waals surface area contributed by atoms with Gasteiger partial charge in [0.25, 0.3) is 0 Å². The SMILES string of the molecule is COCCN1CCC[C@H]1COC. The second kappa shape index (κ2) is 5.51. The van der Waals surface area contributed by atoms with Gasteiger partial charge in [-0.3, -0.25) is 4.90 Å². The molecule has 0 unspecified atom stereocenters. The number of ether oxygens (including phenoxy) is 2. The van der Waals surface area contributed by atoms with E-state index in [1.54, 1.807) is 14.2 Å². The summed E-state index contributed by atoms with van der Waals surface area (Å²) in [6.07, 6.45) is 2.58. The first-order valence-electron chi connectivity index (χ1n) is 4.60. The molecule has 0 radical (unpaired) electrons. The topological polar surface area (TPSA) is 21.7 Å². The quantitative estimate of drug-likeness (QED) is 0.612. The van der Waals surface area contributed by atoms with Crippen LogP contribution in [0.3, 0.4) is 0 Å². The highest BCUT2D eigenvalue weighted by atomic mass is 16.5. The van der Waals surface area contributed by atoms with Gasteiger partial charge in [0.2, 0.25) is 0 Å². The summed E-state index contributed by atoms with van der Waals surface area (Å²) in [6.45, 7) is 3.95. The Hall–Kier alpha value is -0.120. The number of rotatable bonds is 5. The monoisotopic (exact) mass is 173 g/mol. The van der Waals surface area contributed by atoms with Gasteiger partial charge in [0.1, 0.15) is 0 Å². The molecule has 0 saturated carbocycles. The summed E-state index contributed by atoms with van der Waals surface area (Å²) >= 11 is 0. The Bertz CT molecular complexity index is 119. The minimum atomic E-state index is 0.630. The van der Waals surface area contributed by atoms with Gasteiger partial charge in [0.15, 0.2) is 0 Å². The van der Waals surface area contributed by atoms with Crippen LogP contribution in [0.25, 0.3) is 0 Å². The zero-order valence-electron chi connectivity index (χ0n) is 8.08. The molecule has 0 aromatic rings. The van der Waals surface area contributed by atoms with Gasteiger partial charge >= 0.3 is 0 Å². The number of hydrogen-bond donors (Lipinski definition) is 0. The van der Waals surface area contributed by atoms with Crippen LogP contribution >= 0.6 is 0 Å². The van der Waals surface area contributed by atoms with Crippen molar-refractivity contribution in [2.75, 3.05) is 40.5 Å². The molecule has 0 aliphatic carbocycles. The highest BCUT2D eigenvalue weighted by Gasteiger charge is 2.23. The first kappa shape index (κ1) is 9.96. The van der Waals surface area contributed by atoms with Crippen molar-refractivity contribution in [2.24, 2.45) is 0 Å². The van der Waals surface area contributed by atoms with E-state index in [0.717, 1.165) is 19.8 Å². The van der Waals surface area contributed by atoms with E-state index in [-0.39, 0.29) is 0 Å². The van der Waals surface area contributed by atoms with Crippen molar-refractivity contribution in [1.29, 1.82) is 0 Å². The van der Waals surface area contributed by atoms with Crippen LogP contribution < -0.4 is 0 Å². The van der Waals surface area contributed by atoms with E-state index in [1.165, 1.54) is 19.4 Å². The number of nitrogens with zero attached hydrogens (tertiary/aromatic N) is 1. The van der Waals surface area contributed by atoms with E-state index in [1.807, 2.05) is 0 Å². The summed E-state index contributed by atoms with van der Waals surface area (Å²) < 4.78 is 10.2. The molecule has 3 nitrogen and oxygen atoms in total. The lowest BCUT2D eigenvalue weighted by atomic mass is 10.2. The second-order valence-electron chi connectivity index (χ2n) is 3.28. The maximum Gasteiger partial charge on any atom is 0.0618 e. The highest BCUT2D eigenvalue weighted by molar-refractivity contribution is 4.78. The normalized spacial score (nSPS) is 25.0. The Kier molecular flexibility index (Phi) is 4.58. The lowest BCUT2D eigenvalue weighted by Crippen LogP contribution is -2.35. The van der Waals surface area contributed by atoms with Gasteiger partial charge in [-0.1, -0.05) is 0 Å². The van der Waals surface area contributed by atoms with Crippen LogP contribution in [-0.4, -0.2) is 51.5 Å². The molecule has 1 aliphatic rings. The smallest absolute Gasteiger partial charge is 0.0618 e. The summed E-state index contributed by atoms with van der Waals surface area (Å²) in [5.41, 5.74) is 0. The summed E-state index contributed by atoms with van der Waals surface area (Å²) in [6, 6.07) is 0.630. The number of methoxy groups -OCH3 is 2. The number of likely N-dealkylation sites (tertiary alicyclic amines) is 1. The lowest BCUT2D eigenvalue weighted by Gasteiger charge is -2.22. The predicted octanol–water partition coefficient (Wildman–Crippen LogP) is 0.744. The molecule has 0 N–H and O–H groups in total. The van der Waals surface area contributed by atoms with E-state index in [0.29, 0.717) is 6.04 Å². The van der Waals surface area contributed by atoms with Crippen molar-refractivity contribution in [3.8, 4) is 0 Å². The highest BCUT2D eigenvalue weighted by Crippen LogP contribution is 2.16. The van der Waals surface area contributed by atoms with Gasteiger partial charge in [-0.2, -0.15) is 0 Å². The van der Waals surface area contributed by atoms with E-state index >= 15 is 0 Å². The summed E-state index contributed by atoms with van der Waals surface area (Å²) in [5, 5.41) is 0. The van der Waals surface area contributed by atoms with Crippen molar-refractivity contribution in [1.82, 2.24) is 4.90 Å². The molecule has 0 spiro atoms. The van der Waals surface area contributed by atoms with Crippen molar-refractivity contribution in [3.05, 3.63) is 0 Å². The molecule has 1 heterocycles. The number of hydrogen-bond acceptors (Lipinski definition) is 3. The summed E-state index contributed by atoms with van der Waals surface area (Å²) in [4.78, 5) is 2.45. The molecule has 1 aliphatic heterocycles. The Morgan fingerprint density at radius 3 is 2.83 bits per heavy atom. The molecule has 72 valence electrons. The average Bonchev–Trinajstić information content (AvgIpc) is 2.50. The zero-order chi connectivity index (χ0) is 8.81. The third kappa shape index (κ3) is 2.73. The molecule has 0 amide bonds. The average molecular weight is 173 g/mol. The molecule has 1 saturated heterocycles. The van der Waals surface area contributed by atoms with E-state index in [9.17, 15) is 0 Å². The van der Waals surface area contributed by atoms with Crippen molar-refractivity contribution in [2.45, 2.75) is 18.9 Å². The zero-order valence-corrected chi connectivity index (χ0v) is 8.08. The van der Waals surface area contributed by atoms with E-state index in [4.69, 9.17) is 9.47 Å². The van der Waals surface area contributed by atoms with Crippen LogP contribution in [0.1, 0.15) is 12.8 Å². The van der Waals surface area contributed by atoms with Crippen LogP contribution in [0.2, 0.25) is 0 Å². The van der Waals surface area contributed by atoms with Crippen LogP contribution in [0.15, 0.2) is 0 Å². The molecule has 1 rings (SSSR count). The fourth-order valence-corrected chi connectivity index (χ4v) is 1.78. The molecular weight excluding hydrogens is 154 g/mol. The molecule has 0 bridgehead atoms. The first-order chi connectivity index (χ1) is 5.88. The van der Waals surface area contributed by atoms with Crippen molar-refractivity contribution in [3.63, 3.8) is 0 Å². The van der Waals surface area contributed by atoms with Gasteiger partial charge in [0, 0.05) is 26.8 Å². The van der Waals surface area contributed by atoms with Gasteiger partial charge in [0.05, 0.1) is 13.2 Å². The Morgan fingerprint density at radius 2 is 2.17 bits per heavy atom. The predicted molar refractivity (Wildman–Crippen MR) is 48.3 cm³/mol. The fourth-order valence-electron chi connectivity index (χ4n) is 1.78. The second-order valence-corrected chi connectivity index (χ2v) is 3.28. The molecule has 0 aromatic carbocycles. The lowest BCUT2D eigenvalue weighted by molar-refractivity contribution is 0.0911. The Labute approximate surface area is 74.6 Å². The van der Waals surface area contributed by atoms with Gasteiger partial charge in [-0.15, -0.1) is 0 Å². The summed E-state index contributed by atoms with van der Waals surface area (Å²) in [5.74, 6) is 0. The molecular formula is C9H19NO2. The van der Waals surface area contributed by atoms with Crippen LogP contribution in [0.4, 0.5) is 0 Å². The minimum Gasteiger partial charge on any atom is -0.383 e. The third-order valence-corrected chi connectivity index (χ3v) is 2.44. The maximum absolute atomic E-state index is 5.15. The van der Waals surface area contributed by atoms with Crippen LogP contribution in [0.5, 0.6) is 0 Å². The van der Waals surface area contributed by atoms with Crippen LogP contribution in [-0.2, 0) is 9.47 Å². The minimum absolute atomic E-state index is 0.630. The maximum atomic E-state index is 5.15.